The highest BCUT2D eigenvalue weighted by molar-refractivity contribution is 9.10. The van der Waals surface area contributed by atoms with Crippen LogP contribution in [-0.2, 0) is 0 Å². The lowest BCUT2D eigenvalue weighted by atomic mass is 10.2. The Morgan fingerprint density at radius 2 is 2.07 bits per heavy atom. The second kappa shape index (κ2) is 3.58. The summed E-state index contributed by atoms with van der Waals surface area (Å²) in [6, 6.07) is 8.27. The Bertz CT molecular complexity index is 441. The number of halogens is 1. The molecule has 0 aliphatic heterocycles. The minimum Gasteiger partial charge on any atom is -0.240 e. The van der Waals surface area contributed by atoms with Crippen molar-refractivity contribution >= 4 is 15.9 Å². The highest BCUT2D eigenvalue weighted by atomic mass is 79.9. The largest absolute Gasteiger partial charge is 0.240 e. The standard InChI is InChI=1S/C11H11BrN2/c1-8-4-3-5-10(6-8)14-7-11(12)9(2)13-14/h3-7H,1-2H3. The van der Waals surface area contributed by atoms with Crippen LogP contribution < -0.4 is 0 Å². The first-order valence-electron chi connectivity index (χ1n) is 4.45. The van der Waals surface area contributed by atoms with Gasteiger partial charge in [0.2, 0.25) is 0 Å². The fourth-order valence-electron chi connectivity index (χ4n) is 1.34. The summed E-state index contributed by atoms with van der Waals surface area (Å²) >= 11 is 3.45. The third-order valence-corrected chi connectivity index (χ3v) is 2.88. The minimum atomic E-state index is 1.01. The Labute approximate surface area is 91.7 Å². The summed E-state index contributed by atoms with van der Waals surface area (Å²) in [5.74, 6) is 0. The topological polar surface area (TPSA) is 17.8 Å². The van der Waals surface area contributed by atoms with Gasteiger partial charge in [-0.25, -0.2) is 4.68 Å². The van der Waals surface area contributed by atoms with Gasteiger partial charge in [-0.2, -0.15) is 5.10 Å². The van der Waals surface area contributed by atoms with Crippen LogP contribution in [0.2, 0.25) is 0 Å². The fourth-order valence-corrected chi connectivity index (χ4v) is 1.62. The third-order valence-electron chi connectivity index (χ3n) is 2.11. The number of aromatic nitrogens is 2. The van der Waals surface area contributed by atoms with Crippen molar-refractivity contribution in [1.82, 2.24) is 9.78 Å². The zero-order valence-electron chi connectivity index (χ0n) is 8.16. The number of hydrogen-bond donors (Lipinski definition) is 0. The molecule has 3 heteroatoms. The maximum atomic E-state index is 4.39. The molecule has 0 atom stereocenters. The van der Waals surface area contributed by atoms with Crippen LogP contribution in [0.4, 0.5) is 0 Å². The van der Waals surface area contributed by atoms with E-state index in [2.05, 4.69) is 40.1 Å². The predicted molar refractivity (Wildman–Crippen MR) is 60.7 cm³/mol. The molecular formula is C11H11BrN2. The number of benzene rings is 1. The molecule has 2 aromatic rings. The number of aryl methyl sites for hydroxylation is 2. The molecule has 0 aliphatic rings. The van der Waals surface area contributed by atoms with Gasteiger partial charge in [0.15, 0.2) is 0 Å². The van der Waals surface area contributed by atoms with Gasteiger partial charge in [0.1, 0.15) is 0 Å². The van der Waals surface area contributed by atoms with Crippen LogP contribution in [-0.4, -0.2) is 9.78 Å². The Balaban J connectivity index is 2.49. The van der Waals surface area contributed by atoms with Crippen molar-refractivity contribution in [3.63, 3.8) is 0 Å². The summed E-state index contributed by atoms with van der Waals surface area (Å²) < 4.78 is 2.92. The van der Waals surface area contributed by atoms with Crippen molar-refractivity contribution in [2.75, 3.05) is 0 Å². The maximum Gasteiger partial charge on any atom is 0.0740 e. The molecule has 0 amide bonds. The van der Waals surface area contributed by atoms with Gasteiger partial charge < -0.3 is 0 Å². The Hall–Kier alpha value is -1.09. The molecule has 1 heterocycles. The van der Waals surface area contributed by atoms with E-state index >= 15 is 0 Å². The van der Waals surface area contributed by atoms with Crippen LogP contribution in [0.25, 0.3) is 5.69 Å². The van der Waals surface area contributed by atoms with Gasteiger partial charge in [0.25, 0.3) is 0 Å². The molecule has 0 unspecified atom stereocenters. The fraction of sp³-hybridized carbons (Fsp3) is 0.182. The van der Waals surface area contributed by atoms with Gasteiger partial charge >= 0.3 is 0 Å². The molecule has 0 aliphatic carbocycles. The molecule has 0 fully saturated rings. The van der Waals surface area contributed by atoms with E-state index in [0.29, 0.717) is 0 Å². The van der Waals surface area contributed by atoms with Crippen molar-refractivity contribution < 1.29 is 0 Å². The molecule has 0 spiro atoms. The average molecular weight is 251 g/mol. The summed E-state index contributed by atoms with van der Waals surface area (Å²) in [7, 11) is 0. The lowest BCUT2D eigenvalue weighted by Gasteiger charge is -2.01. The first-order chi connectivity index (χ1) is 6.66. The van der Waals surface area contributed by atoms with Crippen LogP contribution in [0.5, 0.6) is 0 Å². The molecule has 1 aromatic heterocycles. The van der Waals surface area contributed by atoms with Crippen molar-refractivity contribution in [2.24, 2.45) is 0 Å². The smallest absolute Gasteiger partial charge is 0.0740 e. The van der Waals surface area contributed by atoms with Crippen LogP contribution in [0.15, 0.2) is 34.9 Å². The van der Waals surface area contributed by atoms with E-state index in [-0.39, 0.29) is 0 Å². The van der Waals surface area contributed by atoms with E-state index in [4.69, 9.17) is 0 Å². The van der Waals surface area contributed by atoms with E-state index in [9.17, 15) is 0 Å². The first-order valence-corrected chi connectivity index (χ1v) is 5.25. The molecule has 0 N–H and O–H groups in total. The Kier molecular flexibility index (Phi) is 2.42. The van der Waals surface area contributed by atoms with Crippen molar-refractivity contribution in [2.45, 2.75) is 13.8 Å². The Morgan fingerprint density at radius 3 is 2.64 bits per heavy atom. The van der Waals surface area contributed by atoms with Crippen molar-refractivity contribution in [3.8, 4) is 5.69 Å². The normalized spacial score (nSPS) is 10.5. The molecule has 2 rings (SSSR count). The molecule has 14 heavy (non-hydrogen) atoms. The number of hydrogen-bond acceptors (Lipinski definition) is 1. The zero-order valence-corrected chi connectivity index (χ0v) is 9.75. The first kappa shape index (κ1) is 9.46. The van der Waals surface area contributed by atoms with E-state index in [1.165, 1.54) is 5.56 Å². The van der Waals surface area contributed by atoms with Crippen LogP contribution in [0.1, 0.15) is 11.3 Å². The summed E-state index contributed by atoms with van der Waals surface area (Å²) in [5, 5.41) is 4.39. The third kappa shape index (κ3) is 1.73. The molecule has 72 valence electrons. The van der Waals surface area contributed by atoms with Gasteiger partial charge in [-0.15, -0.1) is 0 Å². The quantitative estimate of drug-likeness (QED) is 0.760. The second-order valence-electron chi connectivity index (χ2n) is 3.35. The van der Waals surface area contributed by atoms with Gasteiger partial charge in [-0.3, -0.25) is 0 Å². The van der Waals surface area contributed by atoms with Crippen molar-refractivity contribution in [1.29, 1.82) is 0 Å². The molecular weight excluding hydrogens is 240 g/mol. The van der Waals surface area contributed by atoms with E-state index in [1.54, 1.807) is 0 Å². The Morgan fingerprint density at radius 1 is 1.29 bits per heavy atom. The van der Waals surface area contributed by atoms with E-state index < -0.39 is 0 Å². The highest BCUT2D eigenvalue weighted by Gasteiger charge is 2.02. The van der Waals surface area contributed by atoms with Crippen LogP contribution in [0.3, 0.4) is 0 Å². The van der Waals surface area contributed by atoms with E-state index in [1.807, 2.05) is 29.9 Å². The van der Waals surface area contributed by atoms with Gasteiger partial charge in [-0.1, -0.05) is 12.1 Å². The molecule has 0 saturated carbocycles. The average Bonchev–Trinajstić information content (AvgIpc) is 2.47. The maximum absolute atomic E-state index is 4.39. The molecule has 0 saturated heterocycles. The summed E-state index contributed by atoms with van der Waals surface area (Å²) in [6.07, 6.45) is 1.98. The second-order valence-corrected chi connectivity index (χ2v) is 4.20. The molecule has 0 radical (unpaired) electrons. The molecule has 0 bridgehead atoms. The minimum absolute atomic E-state index is 1.01. The lowest BCUT2D eigenvalue weighted by Crippen LogP contribution is -1.94. The zero-order chi connectivity index (χ0) is 10.1. The predicted octanol–water partition coefficient (Wildman–Crippen LogP) is 3.25. The van der Waals surface area contributed by atoms with Gasteiger partial charge in [-0.05, 0) is 47.5 Å². The summed E-state index contributed by atoms with van der Waals surface area (Å²) in [5.41, 5.74) is 3.34. The monoisotopic (exact) mass is 250 g/mol. The summed E-state index contributed by atoms with van der Waals surface area (Å²) in [6.45, 7) is 4.06. The van der Waals surface area contributed by atoms with Crippen LogP contribution in [0, 0.1) is 13.8 Å². The van der Waals surface area contributed by atoms with Crippen LogP contribution >= 0.6 is 15.9 Å². The molecule has 1 aromatic carbocycles. The molecule has 2 nitrogen and oxygen atoms in total. The summed E-state index contributed by atoms with van der Waals surface area (Å²) in [4.78, 5) is 0. The van der Waals surface area contributed by atoms with Gasteiger partial charge in [0.05, 0.1) is 15.9 Å². The highest BCUT2D eigenvalue weighted by Crippen LogP contribution is 2.17. The van der Waals surface area contributed by atoms with Crippen molar-refractivity contribution in [3.05, 3.63) is 46.2 Å². The van der Waals surface area contributed by atoms with E-state index in [0.717, 1.165) is 15.9 Å². The SMILES string of the molecule is Cc1cccc(-n2cc(Br)c(C)n2)c1. The number of nitrogens with zero attached hydrogens (tertiary/aromatic N) is 2. The lowest BCUT2D eigenvalue weighted by molar-refractivity contribution is 0.861. The number of rotatable bonds is 1. The van der Waals surface area contributed by atoms with Gasteiger partial charge in [0, 0.05) is 6.20 Å².